The summed E-state index contributed by atoms with van der Waals surface area (Å²) in [5.41, 5.74) is 0.760. The van der Waals surface area contributed by atoms with Gasteiger partial charge in [0.15, 0.2) is 0 Å². The third-order valence-electron chi connectivity index (χ3n) is 7.35. The van der Waals surface area contributed by atoms with Gasteiger partial charge in [-0.3, -0.25) is 4.79 Å². The first-order valence-corrected chi connectivity index (χ1v) is 12.1. The first kappa shape index (κ1) is 25.0. The number of aliphatic hydroxyl groups excluding tert-OH is 1. The van der Waals surface area contributed by atoms with E-state index in [4.69, 9.17) is 9.47 Å². The molecule has 0 aromatic heterocycles. The molecule has 32 heavy (non-hydrogen) atoms. The van der Waals surface area contributed by atoms with E-state index in [1.807, 2.05) is 43.0 Å². The number of rotatable bonds is 4. The highest BCUT2D eigenvalue weighted by Crippen LogP contribution is 2.31. The van der Waals surface area contributed by atoms with Gasteiger partial charge in [0.25, 0.3) is 0 Å². The quantitative estimate of drug-likeness (QED) is 0.770. The maximum Gasteiger partial charge on any atom is 0.222 e. The Morgan fingerprint density at radius 3 is 2.62 bits per heavy atom. The van der Waals surface area contributed by atoms with E-state index < -0.39 is 11.5 Å². The maximum absolute atomic E-state index is 13.5. The summed E-state index contributed by atoms with van der Waals surface area (Å²) >= 11 is 0. The molecule has 2 aliphatic rings. The Balaban J connectivity index is 1.74. The van der Waals surface area contributed by atoms with Crippen LogP contribution in [0.25, 0.3) is 0 Å². The molecule has 0 radical (unpaired) electrons. The number of ether oxygens (including phenoxy) is 2. The average Bonchev–Trinajstić information content (AvgIpc) is 2.78. The Morgan fingerprint density at radius 2 is 1.91 bits per heavy atom. The van der Waals surface area contributed by atoms with Crippen molar-refractivity contribution >= 4 is 5.91 Å². The lowest BCUT2D eigenvalue weighted by atomic mass is 9.80. The van der Waals surface area contributed by atoms with E-state index in [1.165, 1.54) is 0 Å². The number of carbonyl (C=O) groups is 1. The lowest BCUT2D eigenvalue weighted by molar-refractivity contribution is -0.136. The van der Waals surface area contributed by atoms with E-state index in [0.29, 0.717) is 38.0 Å². The third kappa shape index (κ3) is 6.93. The molecule has 6 nitrogen and oxygen atoms in total. The maximum atomic E-state index is 13.5. The van der Waals surface area contributed by atoms with Crippen molar-refractivity contribution in [3.05, 3.63) is 29.8 Å². The van der Waals surface area contributed by atoms with Crippen LogP contribution in [0, 0.1) is 17.3 Å². The third-order valence-corrected chi connectivity index (χ3v) is 7.35. The van der Waals surface area contributed by atoms with Crippen molar-refractivity contribution in [3.63, 3.8) is 0 Å². The van der Waals surface area contributed by atoms with Gasteiger partial charge in [-0.1, -0.05) is 26.0 Å². The van der Waals surface area contributed by atoms with Gasteiger partial charge >= 0.3 is 0 Å². The number of β-amino-alcohol motifs (C(OH)–C–C–N with tert-alkyl or cyclic N) is 1. The van der Waals surface area contributed by atoms with Crippen LogP contribution in [0.15, 0.2) is 24.3 Å². The van der Waals surface area contributed by atoms with E-state index in [-0.39, 0.29) is 5.91 Å². The van der Waals surface area contributed by atoms with Gasteiger partial charge in [0.2, 0.25) is 5.91 Å². The molecule has 0 saturated carbocycles. The molecule has 0 unspecified atom stereocenters. The van der Waals surface area contributed by atoms with Crippen LogP contribution in [0.3, 0.4) is 0 Å². The smallest absolute Gasteiger partial charge is 0.222 e. The van der Waals surface area contributed by atoms with Gasteiger partial charge in [-0.2, -0.15) is 0 Å². The van der Waals surface area contributed by atoms with Gasteiger partial charge in [-0.05, 0) is 68.8 Å². The minimum atomic E-state index is -0.628. The van der Waals surface area contributed by atoms with Gasteiger partial charge in [0.1, 0.15) is 5.75 Å². The first-order chi connectivity index (χ1) is 15.3. The van der Waals surface area contributed by atoms with Crippen molar-refractivity contribution in [3.8, 4) is 5.75 Å². The minimum Gasteiger partial charge on any atom is -0.497 e. The summed E-state index contributed by atoms with van der Waals surface area (Å²) in [5.74, 6) is 1.95. The van der Waals surface area contributed by atoms with Crippen molar-refractivity contribution in [2.75, 3.05) is 53.6 Å². The normalized spacial score (nSPS) is 28.2. The van der Waals surface area contributed by atoms with Gasteiger partial charge in [0, 0.05) is 38.1 Å². The number of hydrogen-bond acceptors (Lipinski definition) is 5. The molecule has 1 aromatic rings. The molecule has 2 aliphatic heterocycles. The highest BCUT2D eigenvalue weighted by molar-refractivity contribution is 5.76. The number of methoxy groups -OCH3 is 1. The summed E-state index contributed by atoms with van der Waals surface area (Å²) in [5, 5.41) is 11.0. The predicted molar refractivity (Wildman–Crippen MR) is 127 cm³/mol. The Morgan fingerprint density at radius 1 is 1.16 bits per heavy atom. The predicted octanol–water partition coefficient (Wildman–Crippen LogP) is 3.22. The van der Waals surface area contributed by atoms with Crippen LogP contribution in [0.5, 0.6) is 5.75 Å². The highest BCUT2D eigenvalue weighted by atomic mass is 16.5. The summed E-state index contributed by atoms with van der Waals surface area (Å²) < 4.78 is 11.2. The van der Waals surface area contributed by atoms with Crippen molar-refractivity contribution in [1.82, 2.24) is 9.80 Å². The fraction of sp³-hybridized carbons (Fsp3) is 0.731. The molecule has 180 valence electrons. The van der Waals surface area contributed by atoms with Gasteiger partial charge in [-0.25, -0.2) is 0 Å². The molecule has 2 heterocycles. The Labute approximate surface area is 193 Å². The largest absolute Gasteiger partial charge is 0.497 e. The second-order valence-corrected chi connectivity index (χ2v) is 10.4. The van der Waals surface area contributed by atoms with Gasteiger partial charge < -0.3 is 24.4 Å². The van der Waals surface area contributed by atoms with Crippen LogP contribution in [0.1, 0.15) is 45.1 Å². The molecule has 0 spiro atoms. The molecular formula is C26H42N2O4. The van der Waals surface area contributed by atoms with Crippen molar-refractivity contribution < 1.29 is 19.4 Å². The molecule has 2 fully saturated rings. The second kappa shape index (κ2) is 11.5. The Bertz CT molecular complexity index is 721. The van der Waals surface area contributed by atoms with E-state index in [1.54, 1.807) is 7.11 Å². The van der Waals surface area contributed by atoms with Crippen LogP contribution in [0.4, 0.5) is 0 Å². The number of piperidine rings is 1. The fourth-order valence-corrected chi connectivity index (χ4v) is 4.92. The number of likely N-dealkylation sites (tertiary alicyclic amines) is 1. The zero-order valence-electron chi connectivity index (χ0n) is 20.4. The van der Waals surface area contributed by atoms with Crippen LogP contribution in [-0.2, 0) is 16.0 Å². The molecule has 1 aromatic carbocycles. The molecule has 2 saturated heterocycles. The molecule has 1 N–H and O–H groups in total. The highest BCUT2D eigenvalue weighted by Gasteiger charge is 2.34. The standard InChI is InChI=1S/C26H42N2O4/c1-26(2)19-32-15-5-6-22-17-27(3)13-12-21(22)16-25(30)28(18-24(26)29)14-11-20-7-9-23(31-4)10-8-20/h7-10,21-22,24,29H,5-6,11-19H2,1-4H3/t21-,22-,24-/m0/s1. The van der Waals surface area contributed by atoms with Gasteiger partial charge in [0.05, 0.1) is 19.8 Å². The number of carbonyl (C=O) groups excluding carboxylic acids is 1. The molecule has 1 amide bonds. The molecular weight excluding hydrogens is 404 g/mol. The lowest BCUT2D eigenvalue weighted by Crippen LogP contribution is -2.47. The van der Waals surface area contributed by atoms with E-state index >= 15 is 0 Å². The topological polar surface area (TPSA) is 62.2 Å². The second-order valence-electron chi connectivity index (χ2n) is 10.4. The Hall–Kier alpha value is -1.63. The molecule has 3 rings (SSSR count). The number of aliphatic hydroxyl groups is 1. The van der Waals surface area contributed by atoms with Gasteiger partial charge in [-0.15, -0.1) is 0 Å². The summed E-state index contributed by atoms with van der Waals surface area (Å²) in [6.07, 6.45) is 3.88. The summed E-state index contributed by atoms with van der Waals surface area (Å²) in [4.78, 5) is 17.8. The average molecular weight is 447 g/mol. The minimum absolute atomic E-state index is 0.174. The van der Waals surface area contributed by atoms with Crippen LogP contribution in [0.2, 0.25) is 0 Å². The molecule has 3 atom stereocenters. The number of amides is 1. The monoisotopic (exact) mass is 446 g/mol. The number of nitrogens with zero attached hydrogens (tertiary/aromatic N) is 2. The summed E-state index contributed by atoms with van der Waals surface area (Å²) in [6.45, 7) is 8.33. The number of hydrogen-bond donors (Lipinski definition) is 1. The number of benzene rings is 1. The van der Waals surface area contributed by atoms with E-state index in [2.05, 4.69) is 11.9 Å². The summed E-state index contributed by atoms with van der Waals surface area (Å²) in [6, 6.07) is 8.00. The summed E-state index contributed by atoms with van der Waals surface area (Å²) in [7, 11) is 3.84. The SMILES string of the molecule is COc1ccc(CCN2C[C@H](O)C(C)(C)COCCC[C@H]3CN(C)CC[C@H]3CC2=O)cc1. The fourth-order valence-electron chi connectivity index (χ4n) is 4.92. The lowest BCUT2D eigenvalue weighted by Gasteiger charge is -2.38. The Kier molecular flexibility index (Phi) is 8.97. The zero-order valence-corrected chi connectivity index (χ0v) is 20.4. The number of fused-ring (bicyclic) bond motifs is 1. The van der Waals surface area contributed by atoms with Crippen LogP contribution >= 0.6 is 0 Å². The van der Waals surface area contributed by atoms with E-state index in [0.717, 1.165) is 56.7 Å². The molecule has 0 bridgehead atoms. The van der Waals surface area contributed by atoms with Crippen molar-refractivity contribution in [1.29, 1.82) is 0 Å². The molecule has 6 heteroatoms. The van der Waals surface area contributed by atoms with Crippen LogP contribution < -0.4 is 4.74 Å². The van der Waals surface area contributed by atoms with Crippen molar-refractivity contribution in [2.24, 2.45) is 17.3 Å². The first-order valence-electron chi connectivity index (χ1n) is 12.1. The van der Waals surface area contributed by atoms with Crippen LogP contribution in [-0.4, -0.2) is 80.5 Å². The zero-order chi connectivity index (χ0) is 23.1. The van der Waals surface area contributed by atoms with E-state index in [9.17, 15) is 9.90 Å². The van der Waals surface area contributed by atoms with Crippen molar-refractivity contribution in [2.45, 2.75) is 52.1 Å². The molecule has 0 aliphatic carbocycles.